The normalized spacial score (nSPS) is 16.7. The van der Waals surface area contributed by atoms with Crippen LogP contribution in [0.1, 0.15) is 25.0 Å². The van der Waals surface area contributed by atoms with Gasteiger partial charge in [-0.3, -0.25) is 5.73 Å². The number of aryl methyl sites for hydroxylation is 1. The van der Waals surface area contributed by atoms with Crippen molar-refractivity contribution in [1.29, 1.82) is 0 Å². The summed E-state index contributed by atoms with van der Waals surface area (Å²) in [4.78, 5) is 2.30. The van der Waals surface area contributed by atoms with E-state index in [2.05, 4.69) is 4.90 Å². The number of pyridine rings is 1. The lowest BCUT2D eigenvalue weighted by molar-refractivity contribution is -0.596. The van der Waals surface area contributed by atoms with E-state index < -0.39 is 0 Å². The maximum atomic E-state index is 11.4. The number of nitrogens with zero attached hydrogens (tertiary/aromatic N) is 2. The number of rotatable bonds is 1. The minimum atomic E-state index is 0.288. The van der Waals surface area contributed by atoms with E-state index in [-0.39, 0.29) is 5.82 Å². The summed E-state index contributed by atoms with van der Waals surface area (Å²) >= 11 is 0. The lowest BCUT2D eigenvalue weighted by atomic mass is 10.1. The molecule has 0 radical (unpaired) electrons. The Bertz CT molecular complexity index is 336. The van der Waals surface area contributed by atoms with E-state index in [4.69, 9.17) is 5.73 Å². The molecule has 1 aromatic heterocycles. The average Bonchev–Trinajstić information content (AvgIpc) is 2.26. The van der Waals surface area contributed by atoms with Crippen molar-refractivity contribution < 1.29 is 4.73 Å². The molecule has 1 fully saturated rings. The van der Waals surface area contributed by atoms with Gasteiger partial charge in [0.15, 0.2) is 0 Å². The summed E-state index contributed by atoms with van der Waals surface area (Å²) in [7, 11) is 0. The predicted molar refractivity (Wildman–Crippen MR) is 60.6 cm³/mol. The van der Waals surface area contributed by atoms with Crippen LogP contribution in [-0.2, 0) is 0 Å². The third-order valence-electron chi connectivity index (χ3n) is 2.93. The van der Waals surface area contributed by atoms with Crippen LogP contribution in [-0.4, -0.2) is 13.1 Å². The molecule has 1 aliphatic rings. The monoisotopic (exact) mass is 207 g/mol. The smallest absolute Gasteiger partial charge is 0.277 e. The van der Waals surface area contributed by atoms with Crippen LogP contribution in [0.15, 0.2) is 12.1 Å². The fourth-order valence-electron chi connectivity index (χ4n) is 2.06. The van der Waals surface area contributed by atoms with Gasteiger partial charge in [0.1, 0.15) is 5.69 Å². The first-order chi connectivity index (χ1) is 7.18. The summed E-state index contributed by atoms with van der Waals surface area (Å²) in [5, 5.41) is 11.4. The Morgan fingerprint density at radius 3 is 2.53 bits per heavy atom. The number of nitrogens with two attached hydrogens (primary N) is 1. The lowest BCUT2D eigenvalue weighted by Crippen LogP contribution is -2.36. The zero-order valence-electron chi connectivity index (χ0n) is 9.07. The van der Waals surface area contributed by atoms with Crippen molar-refractivity contribution in [1.82, 2.24) is 0 Å². The van der Waals surface area contributed by atoms with Gasteiger partial charge in [-0.1, -0.05) is 0 Å². The van der Waals surface area contributed by atoms with E-state index in [0.29, 0.717) is 5.69 Å². The van der Waals surface area contributed by atoms with E-state index in [1.807, 2.05) is 6.07 Å². The molecule has 0 bridgehead atoms. The maximum absolute atomic E-state index is 11.4. The van der Waals surface area contributed by atoms with E-state index in [0.717, 1.165) is 23.5 Å². The van der Waals surface area contributed by atoms with Crippen molar-refractivity contribution in [2.45, 2.75) is 26.2 Å². The van der Waals surface area contributed by atoms with E-state index in [1.165, 1.54) is 19.3 Å². The van der Waals surface area contributed by atoms with Crippen molar-refractivity contribution in [3.63, 3.8) is 0 Å². The molecule has 2 rings (SSSR count). The average molecular weight is 207 g/mol. The van der Waals surface area contributed by atoms with E-state index in [1.54, 1.807) is 13.0 Å². The van der Waals surface area contributed by atoms with Gasteiger partial charge in [-0.2, -0.15) is 0 Å². The Kier molecular flexibility index (Phi) is 2.66. The van der Waals surface area contributed by atoms with E-state index in [9.17, 15) is 5.21 Å². The van der Waals surface area contributed by atoms with Gasteiger partial charge in [-0.15, -0.1) is 0 Å². The van der Waals surface area contributed by atoms with Gasteiger partial charge in [0.05, 0.1) is 6.07 Å². The van der Waals surface area contributed by atoms with Gasteiger partial charge in [0.25, 0.3) is 5.82 Å². The first kappa shape index (κ1) is 10.1. The Hall–Kier alpha value is -1.45. The third kappa shape index (κ3) is 1.98. The highest BCUT2D eigenvalue weighted by Crippen LogP contribution is 2.21. The van der Waals surface area contributed by atoms with Crippen LogP contribution >= 0.6 is 0 Å². The molecule has 4 nitrogen and oxygen atoms in total. The largest absolute Gasteiger partial charge is 0.710 e. The second-order valence-electron chi connectivity index (χ2n) is 4.12. The molecule has 0 aromatic carbocycles. The summed E-state index contributed by atoms with van der Waals surface area (Å²) in [5.41, 5.74) is 7.39. The minimum Gasteiger partial charge on any atom is -0.710 e. The minimum absolute atomic E-state index is 0.288. The van der Waals surface area contributed by atoms with Gasteiger partial charge in [-0.25, -0.2) is 4.73 Å². The van der Waals surface area contributed by atoms with Gasteiger partial charge in [-0.05, 0) is 26.2 Å². The second kappa shape index (κ2) is 3.96. The highest BCUT2D eigenvalue weighted by Gasteiger charge is 2.14. The fraction of sp³-hybridized carbons (Fsp3) is 0.545. The molecule has 15 heavy (non-hydrogen) atoms. The highest BCUT2D eigenvalue weighted by atomic mass is 16.5. The molecule has 0 atom stereocenters. The number of anilines is 2. The van der Waals surface area contributed by atoms with Crippen LogP contribution in [0.2, 0.25) is 0 Å². The van der Waals surface area contributed by atoms with Gasteiger partial charge < -0.3 is 10.1 Å². The van der Waals surface area contributed by atoms with Crippen molar-refractivity contribution >= 4 is 11.5 Å². The summed E-state index contributed by atoms with van der Waals surface area (Å²) in [6.45, 7) is 3.93. The molecule has 4 heteroatoms. The van der Waals surface area contributed by atoms with Crippen LogP contribution in [0.25, 0.3) is 0 Å². The highest BCUT2D eigenvalue weighted by molar-refractivity contribution is 5.51. The molecule has 0 aliphatic carbocycles. The second-order valence-corrected chi connectivity index (χ2v) is 4.12. The van der Waals surface area contributed by atoms with Gasteiger partial charge >= 0.3 is 0 Å². The number of nitrogen functional groups attached to an aromatic ring is 1. The van der Waals surface area contributed by atoms with Crippen LogP contribution in [0.3, 0.4) is 0 Å². The van der Waals surface area contributed by atoms with Gasteiger partial charge in [0, 0.05) is 24.8 Å². The predicted octanol–water partition coefficient (Wildman–Crippen LogP) is 1.20. The fourth-order valence-corrected chi connectivity index (χ4v) is 2.06. The van der Waals surface area contributed by atoms with Crippen LogP contribution < -0.4 is 15.4 Å². The van der Waals surface area contributed by atoms with Crippen molar-refractivity contribution in [2.24, 2.45) is 0 Å². The molecule has 0 amide bonds. The zero-order valence-corrected chi connectivity index (χ0v) is 9.07. The quantitative estimate of drug-likeness (QED) is 0.556. The van der Waals surface area contributed by atoms with E-state index >= 15 is 0 Å². The Morgan fingerprint density at radius 1 is 1.27 bits per heavy atom. The van der Waals surface area contributed by atoms with Gasteiger partial charge in [0.2, 0.25) is 0 Å². The molecule has 1 aliphatic heterocycles. The van der Waals surface area contributed by atoms with Crippen LogP contribution in [0.5, 0.6) is 0 Å². The zero-order chi connectivity index (χ0) is 10.8. The Balaban J connectivity index is 2.27. The number of hydrogen-bond donors (Lipinski definition) is 1. The Labute approximate surface area is 89.9 Å². The SMILES string of the molecule is Cc1cc(N2CCCCC2)cc(N)[n+]1[O-]. The number of piperidine rings is 1. The Morgan fingerprint density at radius 2 is 1.93 bits per heavy atom. The third-order valence-corrected chi connectivity index (χ3v) is 2.93. The topological polar surface area (TPSA) is 56.2 Å². The summed E-state index contributed by atoms with van der Waals surface area (Å²) < 4.78 is 0.771. The summed E-state index contributed by atoms with van der Waals surface area (Å²) in [6.07, 6.45) is 3.76. The molecule has 2 N–H and O–H groups in total. The molecular weight excluding hydrogens is 190 g/mol. The van der Waals surface area contributed by atoms with Crippen molar-refractivity contribution in [3.8, 4) is 0 Å². The van der Waals surface area contributed by atoms with Crippen molar-refractivity contribution in [2.75, 3.05) is 23.7 Å². The molecular formula is C11H17N3O. The molecule has 82 valence electrons. The molecule has 1 aromatic rings. The molecule has 2 heterocycles. The first-order valence-corrected chi connectivity index (χ1v) is 5.43. The summed E-state index contributed by atoms with van der Waals surface area (Å²) in [5.74, 6) is 0.288. The standard InChI is InChI=1S/C11H17N3O/c1-9-7-10(8-11(12)14(9)15)13-5-3-2-4-6-13/h7-8H,2-6,12H2,1H3. The molecule has 0 saturated carbocycles. The first-order valence-electron chi connectivity index (χ1n) is 5.43. The molecule has 0 spiro atoms. The maximum Gasteiger partial charge on any atom is 0.277 e. The van der Waals surface area contributed by atoms with Crippen molar-refractivity contribution in [3.05, 3.63) is 23.0 Å². The van der Waals surface area contributed by atoms with Crippen LogP contribution in [0.4, 0.5) is 11.5 Å². The molecule has 1 saturated heterocycles. The number of aromatic nitrogens is 1. The number of hydrogen-bond acceptors (Lipinski definition) is 3. The lowest BCUT2D eigenvalue weighted by Gasteiger charge is -2.29. The summed E-state index contributed by atoms with van der Waals surface area (Å²) in [6, 6.07) is 3.68. The molecule has 0 unspecified atom stereocenters. The van der Waals surface area contributed by atoms with Crippen LogP contribution in [0, 0.1) is 12.1 Å².